The molecular weight excluding hydrogens is 225 g/mol. The van der Waals surface area contributed by atoms with E-state index in [1.54, 1.807) is 6.07 Å². The highest BCUT2D eigenvalue weighted by Gasteiger charge is 2.19. The maximum absolute atomic E-state index is 13.3. The fourth-order valence-corrected chi connectivity index (χ4v) is 2.08. The molecule has 2 rings (SSSR count). The first-order chi connectivity index (χ1) is 6.66. The summed E-state index contributed by atoms with van der Waals surface area (Å²) in [6.07, 6.45) is 0. The molecule has 0 N–H and O–H groups in total. The lowest BCUT2D eigenvalue weighted by atomic mass is 10.2. The summed E-state index contributed by atoms with van der Waals surface area (Å²) in [7, 11) is 0. The SMILES string of the molecule is O=C1CSC(c2ccc(Cl)cc2F)=N1. The van der Waals surface area contributed by atoms with Gasteiger partial charge in [0.25, 0.3) is 5.91 Å². The third-order valence-electron chi connectivity index (χ3n) is 1.72. The van der Waals surface area contributed by atoms with E-state index in [0.717, 1.165) is 0 Å². The van der Waals surface area contributed by atoms with Crippen LogP contribution in [0.1, 0.15) is 5.56 Å². The lowest BCUT2D eigenvalue weighted by Crippen LogP contribution is -1.96. The Labute approximate surface area is 89.2 Å². The first-order valence-corrected chi connectivity index (χ1v) is 5.23. The molecule has 0 aromatic heterocycles. The fourth-order valence-electron chi connectivity index (χ4n) is 1.11. The molecule has 5 heteroatoms. The van der Waals surface area contributed by atoms with E-state index in [-0.39, 0.29) is 11.7 Å². The molecule has 1 aromatic carbocycles. The van der Waals surface area contributed by atoms with Crippen LogP contribution < -0.4 is 0 Å². The Morgan fingerprint density at radius 1 is 1.50 bits per heavy atom. The van der Waals surface area contributed by atoms with Crippen LogP contribution in [-0.2, 0) is 4.79 Å². The van der Waals surface area contributed by atoms with E-state index in [1.165, 1.54) is 23.9 Å². The standard InChI is InChI=1S/C9H5ClFNOS/c10-5-1-2-6(7(11)3-5)9-12-8(13)4-14-9/h1-3H,4H2. The van der Waals surface area contributed by atoms with Crippen LogP contribution in [0, 0.1) is 5.82 Å². The van der Waals surface area contributed by atoms with Crippen LogP contribution in [0.25, 0.3) is 0 Å². The van der Waals surface area contributed by atoms with Crippen molar-refractivity contribution in [2.75, 3.05) is 5.75 Å². The number of nitrogens with zero attached hydrogens (tertiary/aromatic N) is 1. The van der Waals surface area contributed by atoms with E-state index in [9.17, 15) is 9.18 Å². The van der Waals surface area contributed by atoms with Gasteiger partial charge in [-0.2, -0.15) is 0 Å². The zero-order valence-corrected chi connectivity index (χ0v) is 8.53. The molecule has 0 saturated carbocycles. The Balaban J connectivity index is 2.42. The van der Waals surface area contributed by atoms with Crippen molar-refractivity contribution in [3.05, 3.63) is 34.6 Å². The Kier molecular flexibility index (Phi) is 2.56. The first kappa shape index (κ1) is 9.68. The summed E-state index contributed by atoms with van der Waals surface area (Å²) in [6.45, 7) is 0. The number of benzene rings is 1. The lowest BCUT2D eigenvalue weighted by Gasteiger charge is -2.00. The molecule has 2 nitrogen and oxygen atoms in total. The summed E-state index contributed by atoms with van der Waals surface area (Å²) < 4.78 is 13.3. The largest absolute Gasteiger partial charge is 0.272 e. The lowest BCUT2D eigenvalue weighted by molar-refractivity contribution is -0.115. The monoisotopic (exact) mass is 229 g/mol. The maximum atomic E-state index is 13.3. The van der Waals surface area contributed by atoms with Gasteiger partial charge in [0, 0.05) is 10.6 Å². The van der Waals surface area contributed by atoms with Crippen molar-refractivity contribution in [3.63, 3.8) is 0 Å². The minimum Gasteiger partial charge on any atom is -0.272 e. The van der Waals surface area contributed by atoms with E-state index in [1.807, 2.05) is 0 Å². The summed E-state index contributed by atoms with van der Waals surface area (Å²) in [5.41, 5.74) is 0.338. The minimum atomic E-state index is -0.446. The molecule has 0 unspecified atom stereocenters. The number of halogens is 2. The van der Waals surface area contributed by atoms with Gasteiger partial charge >= 0.3 is 0 Å². The number of thioether (sulfide) groups is 1. The first-order valence-electron chi connectivity index (χ1n) is 3.86. The smallest absolute Gasteiger partial charge is 0.257 e. The summed E-state index contributed by atoms with van der Waals surface area (Å²) in [5.74, 6) is -0.380. The van der Waals surface area contributed by atoms with Gasteiger partial charge in [0.05, 0.1) is 5.75 Å². The highest BCUT2D eigenvalue weighted by atomic mass is 35.5. The molecule has 1 amide bonds. The van der Waals surface area contributed by atoms with Crippen LogP contribution in [0.4, 0.5) is 4.39 Å². The zero-order chi connectivity index (χ0) is 10.1. The van der Waals surface area contributed by atoms with Crippen molar-refractivity contribution in [2.45, 2.75) is 0 Å². The van der Waals surface area contributed by atoms with Gasteiger partial charge in [-0.25, -0.2) is 9.38 Å². The molecule has 1 aliphatic rings. The number of carbonyl (C=O) groups is 1. The van der Waals surface area contributed by atoms with Gasteiger partial charge in [0.15, 0.2) is 0 Å². The van der Waals surface area contributed by atoms with Crippen molar-refractivity contribution in [3.8, 4) is 0 Å². The molecule has 0 bridgehead atoms. The molecule has 14 heavy (non-hydrogen) atoms. The van der Waals surface area contributed by atoms with Gasteiger partial charge in [-0.1, -0.05) is 23.4 Å². The van der Waals surface area contributed by atoms with Crippen molar-refractivity contribution in [1.82, 2.24) is 0 Å². The van der Waals surface area contributed by atoms with E-state index in [0.29, 0.717) is 15.6 Å². The highest BCUT2D eigenvalue weighted by Crippen LogP contribution is 2.23. The molecule has 1 heterocycles. The van der Waals surface area contributed by atoms with Gasteiger partial charge in [0.1, 0.15) is 10.9 Å². The van der Waals surface area contributed by atoms with E-state index in [4.69, 9.17) is 11.6 Å². The van der Waals surface area contributed by atoms with Crippen LogP contribution in [0.2, 0.25) is 5.02 Å². The number of aliphatic imine (C=N–C) groups is 1. The number of hydrogen-bond acceptors (Lipinski definition) is 2. The van der Waals surface area contributed by atoms with Gasteiger partial charge in [-0.05, 0) is 18.2 Å². The molecule has 0 radical (unpaired) electrons. The summed E-state index contributed by atoms with van der Waals surface area (Å²) in [4.78, 5) is 14.6. The Morgan fingerprint density at radius 2 is 2.29 bits per heavy atom. The second kappa shape index (κ2) is 3.71. The molecular formula is C9H5ClFNOS. The van der Waals surface area contributed by atoms with Crippen LogP contribution in [0.5, 0.6) is 0 Å². The van der Waals surface area contributed by atoms with E-state index in [2.05, 4.69) is 4.99 Å². The Morgan fingerprint density at radius 3 is 2.86 bits per heavy atom. The zero-order valence-electron chi connectivity index (χ0n) is 6.96. The van der Waals surface area contributed by atoms with Crippen molar-refractivity contribution in [1.29, 1.82) is 0 Å². The van der Waals surface area contributed by atoms with Gasteiger partial charge in [-0.15, -0.1) is 0 Å². The Hall–Kier alpha value is -0.870. The second-order valence-electron chi connectivity index (χ2n) is 2.72. The molecule has 1 aromatic rings. The van der Waals surface area contributed by atoms with Crippen LogP contribution in [0.3, 0.4) is 0 Å². The maximum Gasteiger partial charge on any atom is 0.257 e. The number of rotatable bonds is 1. The molecule has 0 atom stereocenters. The van der Waals surface area contributed by atoms with Gasteiger partial charge < -0.3 is 0 Å². The summed E-state index contributed by atoms with van der Waals surface area (Å²) in [5, 5.41) is 0.769. The van der Waals surface area contributed by atoms with Crippen LogP contribution in [-0.4, -0.2) is 16.7 Å². The third-order valence-corrected chi connectivity index (χ3v) is 2.93. The average molecular weight is 230 g/mol. The topological polar surface area (TPSA) is 29.4 Å². The van der Waals surface area contributed by atoms with E-state index >= 15 is 0 Å². The van der Waals surface area contributed by atoms with E-state index < -0.39 is 5.82 Å². The van der Waals surface area contributed by atoms with Crippen LogP contribution in [0.15, 0.2) is 23.2 Å². The molecule has 0 spiro atoms. The molecule has 72 valence electrons. The fraction of sp³-hybridized carbons (Fsp3) is 0.111. The van der Waals surface area contributed by atoms with Gasteiger partial charge in [0.2, 0.25) is 0 Å². The number of hydrogen-bond donors (Lipinski definition) is 0. The average Bonchev–Trinajstić information content (AvgIpc) is 2.51. The second-order valence-corrected chi connectivity index (χ2v) is 4.12. The highest BCUT2D eigenvalue weighted by molar-refractivity contribution is 8.15. The van der Waals surface area contributed by atoms with Gasteiger partial charge in [-0.3, -0.25) is 4.79 Å². The summed E-state index contributed by atoms with van der Waals surface area (Å²) in [6, 6.07) is 4.32. The molecule has 1 aliphatic heterocycles. The quantitative estimate of drug-likeness (QED) is 0.741. The molecule has 0 saturated heterocycles. The van der Waals surface area contributed by atoms with Crippen molar-refractivity contribution in [2.24, 2.45) is 4.99 Å². The molecule has 0 fully saturated rings. The normalized spacial score (nSPS) is 15.9. The number of amides is 1. The minimum absolute atomic E-state index is 0.223. The number of carbonyl (C=O) groups excluding carboxylic acids is 1. The third kappa shape index (κ3) is 1.81. The molecule has 0 aliphatic carbocycles. The predicted octanol–water partition coefficient (Wildman–Crippen LogP) is 2.50. The van der Waals surface area contributed by atoms with Crippen molar-refractivity contribution >= 4 is 34.3 Å². The predicted molar refractivity (Wildman–Crippen MR) is 55.4 cm³/mol. The van der Waals surface area contributed by atoms with Crippen molar-refractivity contribution < 1.29 is 9.18 Å². The van der Waals surface area contributed by atoms with Crippen LogP contribution >= 0.6 is 23.4 Å². The summed E-state index contributed by atoms with van der Waals surface area (Å²) >= 11 is 6.84. The Bertz CT molecular complexity index is 433.